The van der Waals surface area contributed by atoms with Crippen LogP contribution < -0.4 is 0 Å². The van der Waals surface area contributed by atoms with Crippen LogP contribution >= 0.6 is 0 Å². The average Bonchev–Trinajstić information content (AvgIpc) is 3.13. The number of aliphatic hydroxyl groups is 1. The van der Waals surface area contributed by atoms with E-state index in [1.54, 1.807) is 18.2 Å². The molecule has 0 spiro atoms. The monoisotopic (exact) mass is 377 g/mol. The van der Waals surface area contributed by atoms with Crippen LogP contribution in [-0.4, -0.2) is 52.6 Å². The van der Waals surface area contributed by atoms with E-state index >= 15 is 0 Å². The molecule has 1 fully saturated rings. The highest BCUT2D eigenvalue weighted by Gasteiger charge is 2.30. The Hall–Kier alpha value is -1.70. The molecule has 2 aromatic rings. The molecule has 1 N–H and O–H groups in total. The molecule has 0 unspecified atom stereocenters. The molecule has 142 valence electrons. The standard InChI is InChI=1S/C19H27N3O3S/c1-15(2)26(24,25)21-10-7-19(8-11-21)22-14-18(13-20-22)17-5-3-16(4-6-17)9-12-23/h3-6,13-15,19,23H,7-12H2,1-2H3. The minimum absolute atomic E-state index is 0.155. The van der Waals surface area contributed by atoms with Crippen molar-refractivity contribution in [3.05, 3.63) is 42.2 Å². The third kappa shape index (κ3) is 4.00. The summed E-state index contributed by atoms with van der Waals surface area (Å²) in [5.74, 6) is 0. The van der Waals surface area contributed by atoms with Gasteiger partial charge in [-0.2, -0.15) is 5.10 Å². The van der Waals surface area contributed by atoms with E-state index in [0.29, 0.717) is 19.5 Å². The normalized spacial score (nSPS) is 17.1. The van der Waals surface area contributed by atoms with Gasteiger partial charge in [-0.1, -0.05) is 24.3 Å². The maximum Gasteiger partial charge on any atom is 0.216 e. The molecule has 0 atom stereocenters. The fourth-order valence-corrected chi connectivity index (χ4v) is 4.66. The van der Waals surface area contributed by atoms with Crippen LogP contribution in [0.5, 0.6) is 0 Å². The van der Waals surface area contributed by atoms with E-state index in [1.165, 1.54) is 0 Å². The van der Waals surface area contributed by atoms with Crippen LogP contribution in [-0.2, 0) is 16.4 Å². The Morgan fingerprint density at radius 1 is 1.15 bits per heavy atom. The summed E-state index contributed by atoms with van der Waals surface area (Å²) in [6, 6.07) is 8.38. The molecule has 0 bridgehead atoms. The molecule has 26 heavy (non-hydrogen) atoms. The summed E-state index contributed by atoms with van der Waals surface area (Å²) < 4.78 is 28.1. The van der Waals surface area contributed by atoms with Crippen LogP contribution in [0.1, 0.15) is 38.3 Å². The highest BCUT2D eigenvalue weighted by atomic mass is 32.2. The maximum absolute atomic E-state index is 12.3. The second-order valence-corrected chi connectivity index (χ2v) is 9.59. The van der Waals surface area contributed by atoms with Crippen molar-refractivity contribution in [1.29, 1.82) is 0 Å². The second kappa shape index (κ2) is 7.90. The first-order chi connectivity index (χ1) is 12.4. The molecule has 1 aromatic heterocycles. The van der Waals surface area contributed by atoms with Gasteiger partial charge in [0, 0.05) is 31.5 Å². The summed E-state index contributed by atoms with van der Waals surface area (Å²) >= 11 is 0. The number of benzene rings is 1. The molecule has 7 heteroatoms. The van der Waals surface area contributed by atoms with Crippen LogP contribution in [0.25, 0.3) is 11.1 Å². The Morgan fingerprint density at radius 3 is 2.38 bits per heavy atom. The van der Waals surface area contributed by atoms with Gasteiger partial charge in [-0.25, -0.2) is 12.7 Å². The maximum atomic E-state index is 12.3. The van der Waals surface area contributed by atoms with E-state index in [-0.39, 0.29) is 17.9 Å². The Kier molecular flexibility index (Phi) is 5.79. The van der Waals surface area contributed by atoms with E-state index in [2.05, 4.69) is 5.10 Å². The van der Waals surface area contributed by atoms with E-state index in [9.17, 15) is 8.42 Å². The van der Waals surface area contributed by atoms with Crippen LogP contribution in [0.3, 0.4) is 0 Å². The molecule has 0 aliphatic carbocycles. The SMILES string of the molecule is CC(C)S(=O)(=O)N1CCC(n2cc(-c3ccc(CCO)cc3)cn2)CC1. The third-order valence-corrected chi connectivity index (χ3v) is 7.32. The van der Waals surface area contributed by atoms with Crippen LogP contribution in [0, 0.1) is 0 Å². The molecule has 0 radical (unpaired) electrons. The first-order valence-corrected chi connectivity index (χ1v) is 10.7. The molecular formula is C19H27N3O3S. The minimum atomic E-state index is -3.17. The number of rotatable bonds is 6. The fourth-order valence-electron chi connectivity index (χ4n) is 3.34. The second-order valence-electron chi connectivity index (χ2n) is 7.10. The van der Waals surface area contributed by atoms with Crippen LogP contribution in [0.4, 0.5) is 0 Å². The van der Waals surface area contributed by atoms with Crippen LogP contribution in [0.2, 0.25) is 0 Å². The fraction of sp³-hybridized carbons (Fsp3) is 0.526. The molecule has 0 saturated carbocycles. The molecule has 2 heterocycles. The van der Waals surface area contributed by atoms with Gasteiger partial charge in [0.25, 0.3) is 0 Å². The van der Waals surface area contributed by atoms with Gasteiger partial charge in [0.1, 0.15) is 0 Å². The molecule has 3 rings (SSSR count). The van der Waals surface area contributed by atoms with Gasteiger partial charge >= 0.3 is 0 Å². The smallest absolute Gasteiger partial charge is 0.216 e. The van der Waals surface area contributed by atoms with Gasteiger partial charge in [0.05, 0.1) is 17.5 Å². The summed E-state index contributed by atoms with van der Waals surface area (Å²) in [5.41, 5.74) is 3.26. The lowest BCUT2D eigenvalue weighted by atomic mass is 10.1. The molecule has 1 aliphatic rings. The minimum Gasteiger partial charge on any atom is -0.396 e. The number of sulfonamides is 1. The summed E-state index contributed by atoms with van der Waals surface area (Å²) in [7, 11) is -3.17. The number of aromatic nitrogens is 2. The Balaban J connectivity index is 1.66. The van der Waals surface area contributed by atoms with Gasteiger partial charge in [0.15, 0.2) is 0 Å². The van der Waals surface area contributed by atoms with Crippen molar-refractivity contribution in [3.8, 4) is 11.1 Å². The van der Waals surface area contributed by atoms with Gasteiger partial charge in [0.2, 0.25) is 10.0 Å². The van der Waals surface area contributed by atoms with Crippen molar-refractivity contribution in [3.63, 3.8) is 0 Å². The van der Waals surface area contributed by atoms with Crippen molar-refractivity contribution in [2.75, 3.05) is 19.7 Å². The van der Waals surface area contributed by atoms with Crippen molar-refractivity contribution < 1.29 is 13.5 Å². The molecule has 0 amide bonds. The Morgan fingerprint density at radius 2 is 1.81 bits per heavy atom. The first-order valence-electron chi connectivity index (χ1n) is 9.15. The molecule has 1 aliphatic heterocycles. The van der Waals surface area contributed by atoms with Crippen molar-refractivity contribution in [2.24, 2.45) is 0 Å². The zero-order chi connectivity index (χ0) is 18.7. The zero-order valence-electron chi connectivity index (χ0n) is 15.4. The average molecular weight is 378 g/mol. The van der Waals surface area contributed by atoms with Crippen molar-refractivity contribution in [2.45, 2.75) is 44.4 Å². The van der Waals surface area contributed by atoms with Crippen molar-refractivity contribution >= 4 is 10.0 Å². The zero-order valence-corrected chi connectivity index (χ0v) is 16.2. The lowest BCUT2D eigenvalue weighted by Gasteiger charge is -2.32. The van der Waals surface area contributed by atoms with Gasteiger partial charge < -0.3 is 5.11 Å². The lowest BCUT2D eigenvalue weighted by Crippen LogP contribution is -2.42. The highest BCUT2D eigenvalue weighted by molar-refractivity contribution is 7.89. The van der Waals surface area contributed by atoms with Crippen molar-refractivity contribution in [1.82, 2.24) is 14.1 Å². The highest BCUT2D eigenvalue weighted by Crippen LogP contribution is 2.27. The van der Waals surface area contributed by atoms with Gasteiger partial charge in [-0.15, -0.1) is 0 Å². The third-order valence-electron chi connectivity index (χ3n) is 5.04. The number of hydrogen-bond donors (Lipinski definition) is 1. The summed E-state index contributed by atoms with van der Waals surface area (Å²) in [6.07, 6.45) is 6.12. The molecule has 6 nitrogen and oxygen atoms in total. The number of aliphatic hydroxyl groups excluding tert-OH is 1. The predicted octanol–water partition coefficient (Wildman–Crippen LogP) is 2.46. The summed E-state index contributed by atoms with van der Waals surface area (Å²) in [5, 5.41) is 13.1. The van der Waals surface area contributed by atoms with E-state index in [0.717, 1.165) is 29.5 Å². The molecule has 1 saturated heterocycles. The Labute approximate surface area is 155 Å². The molecule has 1 aromatic carbocycles. The summed E-state index contributed by atoms with van der Waals surface area (Å²) in [6.45, 7) is 4.72. The van der Waals surface area contributed by atoms with E-state index in [1.807, 2.05) is 41.3 Å². The van der Waals surface area contributed by atoms with E-state index < -0.39 is 10.0 Å². The topological polar surface area (TPSA) is 75.4 Å². The van der Waals surface area contributed by atoms with Crippen LogP contribution in [0.15, 0.2) is 36.7 Å². The van der Waals surface area contributed by atoms with Gasteiger partial charge in [-0.05, 0) is 44.2 Å². The summed E-state index contributed by atoms with van der Waals surface area (Å²) in [4.78, 5) is 0. The van der Waals surface area contributed by atoms with Gasteiger partial charge in [-0.3, -0.25) is 4.68 Å². The number of nitrogens with zero attached hydrogens (tertiary/aromatic N) is 3. The predicted molar refractivity (Wildman–Crippen MR) is 102 cm³/mol. The number of hydrogen-bond acceptors (Lipinski definition) is 4. The Bertz CT molecular complexity index is 820. The largest absolute Gasteiger partial charge is 0.396 e. The molecular weight excluding hydrogens is 350 g/mol. The quantitative estimate of drug-likeness (QED) is 0.839. The number of piperidine rings is 1. The van der Waals surface area contributed by atoms with E-state index in [4.69, 9.17) is 5.11 Å². The lowest BCUT2D eigenvalue weighted by molar-refractivity contribution is 0.260. The first kappa shape index (κ1) is 19.1.